The summed E-state index contributed by atoms with van der Waals surface area (Å²) in [6.07, 6.45) is 2.94. The summed E-state index contributed by atoms with van der Waals surface area (Å²) in [5.74, 6) is 0.190. The number of benzene rings is 1. The summed E-state index contributed by atoms with van der Waals surface area (Å²) in [6, 6.07) is 7.96. The molecule has 0 spiro atoms. The fraction of sp³-hybridized carbons (Fsp3) is 0.562. The van der Waals surface area contributed by atoms with E-state index >= 15 is 0 Å². The number of hydrogen-bond donors (Lipinski definition) is 1. The zero-order chi connectivity index (χ0) is 13.9. The van der Waals surface area contributed by atoms with Crippen molar-refractivity contribution in [2.24, 2.45) is 0 Å². The SMILES string of the molecule is CCc1ccccc1C(=O)N1CCC(C)(NC)CC1. The molecular formula is C16H24N2O. The highest BCUT2D eigenvalue weighted by Gasteiger charge is 2.30. The highest BCUT2D eigenvalue weighted by molar-refractivity contribution is 5.95. The predicted molar refractivity (Wildman–Crippen MR) is 78.4 cm³/mol. The lowest BCUT2D eigenvalue weighted by Crippen LogP contribution is -2.51. The van der Waals surface area contributed by atoms with Crippen molar-refractivity contribution < 1.29 is 4.79 Å². The van der Waals surface area contributed by atoms with E-state index in [0.717, 1.165) is 43.5 Å². The molecule has 0 aromatic heterocycles. The van der Waals surface area contributed by atoms with Gasteiger partial charge in [0.25, 0.3) is 5.91 Å². The van der Waals surface area contributed by atoms with Crippen LogP contribution in [0.4, 0.5) is 0 Å². The van der Waals surface area contributed by atoms with Crippen LogP contribution >= 0.6 is 0 Å². The van der Waals surface area contributed by atoms with E-state index in [4.69, 9.17) is 0 Å². The number of carbonyl (C=O) groups excluding carboxylic acids is 1. The van der Waals surface area contributed by atoms with Crippen LogP contribution in [-0.4, -0.2) is 36.5 Å². The Morgan fingerprint density at radius 2 is 1.95 bits per heavy atom. The summed E-state index contributed by atoms with van der Waals surface area (Å²) in [6.45, 7) is 6.01. The highest BCUT2D eigenvalue weighted by atomic mass is 16.2. The summed E-state index contributed by atoms with van der Waals surface area (Å²) in [5, 5.41) is 3.36. The van der Waals surface area contributed by atoms with E-state index in [-0.39, 0.29) is 11.4 Å². The average molecular weight is 260 g/mol. The summed E-state index contributed by atoms with van der Waals surface area (Å²) in [5.41, 5.74) is 2.20. The smallest absolute Gasteiger partial charge is 0.254 e. The Balaban J connectivity index is 2.09. The number of rotatable bonds is 3. The third kappa shape index (κ3) is 2.98. The molecular weight excluding hydrogens is 236 g/mol. The van der Waals surface area contributed by atoms with Gasteiger partial charge in [0.1, 0.15) is 0 Å². The van der Waals surface area contributed by atoms with Crippen LogP contribution in [0.2, 0.25) is 0 Å². The van der Waals surface area contributed by atoms with Gasteiger partial charge in [0.05, 0.1) is 0 Å². The van der Waals surface area contributed by atoms with Crippen LogP contribution in [0.1, 0.15) is 42.6 Å². The minimum Gasteiger partial charge on any atom is -0.339 e. The molecule has 0 unspecified atom stereocenters. The molecule has 1 aliphatic rings. The monoisotopic (exact) mass is 260 g/mol. The molecule has 3 nitrogen and oxygen atoms in total. The molecule has 104 valence electrons. The number of nitrogens with one attached hydrogen (secondary N) is 1. The molecule has 0 aliphatic carbocycles. The maximum absolute atomic E-state index is 12.6. The Hall–Kier alpha value is -1.35. The molecule has 1 aromatic rings. The van der Waals surface area contributed by atoms with Gasteiger partial charge in [-0.25, -0.2) is 0 Å². The number of nitrogens with zero attached hydrogens (tertiary/aromatic N) is 1. The van der Waals surface area contributed by atoms with Gasteiger partial charge in [-0.1, -0.05) is 25.1 Å². The molecule has 0 bridgehead atoms. The van der Waals surface area contributed by atoms with Crippen LogP contribution < -0.4 is 5.32 Å². The standard InChI is InChI=1S/C16H24N2O/c1-4-13-7-5-6-8-14(13)15(19)18-11-9-16(2,17-3)10-12-18/h5-8,17H,4,9-12H2,1-3H3. The second-order valence-electron chi connectivity index (χ2n) is 5.61. The van der Waals surface area contributed by atoms with Gasteiger partial charge in [0.15, 0.2) is 0 Å². The number of piperidine rings is 1. The number of amides is 1. The Morgan fingerprint density at radius 3 is 2.53 bits per heavy atom. The maximum Gasteiger partial charge on any atom is 0.254 e. The van der Waals surface area contributed by atoms with Crippen molar-refractivity contribution in [3.05, 3.63) is 35.4 Å². The first kappa shape index (κ1) is 14.1. The van der Waals surface area contributed by atoms with Gasteiger partial charge in [-0.05, 0) is 44.9 Å². The zero-order valence-electron chi connectivity index (χ0n) is 12.2. The van der Waals surface area contributed by atoms with Gasteiger partial charge in [-0.2, -0.15) is 0 Å². The number of aryl methyl sites for hydroxylation is 1. The largest absolute Gasteiger partial charge is 0.339 e. The Morgan fingerprint density at radius 1 is 1.32 bits per heavy atom. The quantitative estimate of drug-likeness (QED) is 0.905. The van der Waals surface area contributed by atoms with E-state index in [9.17, 15) is 4.79 Å². The molecule has 0 atom stereocenters. The Labute approximate surface area is 116 Å². The molecule has 3 heteroatoms. The third-order valence-electron chi connectivity index (χ3n) is 4.39. The molecule has 1 fully saturated rings. The fourth-order valence-corrected chi connectivity index (χ4v) is 2.66. The van der Waals surface area contributed by atoms with Crippen LogP contribution in [0.15, 0.2) is 24.3 Å². The van der Waals surface area contributed by atoms with Crippen molar-refractivity contribution in [3.63, 3.8) is 0 Å². The first-order valence-electron chi connectivity index (χ1n) is 7.16. The van der Waals surface area contributed by atoms with Crippen LogP contribution in [0.3, 0.4) is 0 Å². The predicted octanol–water partition coefficient (Wildman–Crippen LogP) is 2.46. The first-order valence-corrected chi connectivity index (χ1v) is 7.16. The second-order valence-corrected chi connectivity index (χ2v) is 5.61. The van der Waals surface area contributed by atoms with Crippen LogP contribution in [0.5, 0.6) is 0 Å². The van der Waals surface area contributed by atoms with Gasteiger partial charge >= 0.3 is 0 Å². The molecule has 1 heterocycles. The van der Waals surface area contributed by atoms with Crippen molar-refractivity contribution in [1.82, 2.24) is 10.2 Å². The summed E-state index contributed by atoms with van der Waals surface area (Å²) in [7, 11) is 2.00. The molecule has 0 radical (unpaired) electrons. The third-order valence-corrected chi connectivity index (χ3v) is 4.39. The van der Waals surface area contributed by atoms with Crippen molar-refractivity contribution >= 4 is 5.91 Å². The minimum absolute atomic E-state index is 0.182. The van der Waals surface area contributed by atoms with E-state index in [1.165, 1.54) is 0 Å². The maximum atomic E-state index is 12.6. The van der Waals surface area contributed by atoms with Crippen molar-refractivity contribution in [2.75, 3.05) is 20.1 Å². The van der Waals surface area contributed by atoms with E-state index in [1.54, 1.807) is 0 Å². The van der Waals surface area contributed by atoms with E-state index in [0.29, 0.717) is 0 Å². The van der Waals surface area contributed by atoms with Gasteiger partial charge < -0.3 is 10.2 Å². The van der Waals surface area contributed by atoms with Crippen molar-refractivity contribution in [1.29, 1.82) is 0 Å². The lowest BCUT2D eigenvalue weighted by molar-refractivity contribution is 0.0661. The molecule has 1 saturated heterocycles. The zero-order valence-corrected chi connectivity index (χ0v) is 12.2. The lowest BCUT2D eigenvalue weighted by atomic mass is 9.89. The molecule has 1 aromatic carbocycles. The molecule has 19 heavy (non-hydrogen) atoms. The van der Waals surface area contributed by atoms with Gasteiger partial charge in [-0.3, -0.25) is 4.79 Å². The molecule has 0 saturated carbocycles. The normalized spacial score (nSPS) is 18.4. The molecule has 1 amide bonds. The van der Waals surface area contributed by atoms with E-state index in [2.05, 4.69) is 25.2 Å². The number of carbonyl (C=O) groups is 1. The Bertz CT molecular complexity index is 448. The molecule has 1 aliphatic heterocycles. The summed E-state index contributed by atoms with van der Waals surface area (Å²) < 4.78 is 0. The van der Waals surface area contributed by atoms with Gasteiger partial charge in [-0.15, -0.1) is 0 Å². The van der Waals surface area contributed by atoms with E-state index in [1.807, 2.05) is 30.1 Å². The van der Waals surface area contributed by atoms with Crippen molar-refractivity contribution in [3.8, 4) is 0 Å². The first-order chi connectivity index (χ1) is 9.09. The topological polar surface area (TPSA) is 32.3 Å². The summed E-state index contributed by atoms with van der Waals surface area (Å²) in [4.78, 5) is 14.6. The lowest BCUT2D eigenvalue weighted by Gasteiger charge is -2.39. The highest BCUT2D eigenvalue weighted by Crippen LogP contribution is 2.23. The summed E-state index contributed by atoms with van der Waals surface area (Å²) >= 11 is 0. The van der Waals surface area contributed by atoms with Crippen LogP contribution in [0.25, 0.3) is 0 Å². The van der Waals surface area contributed by atoms with Crippen molar-refractivity contribution in [2.45, 2.75) is 38.6 Å². The van der Waals surface area contributed by atoms with Gasteiger partial charge in [0.2, 0.25) is 0 Å². The average Bonchev–Trinajstić information content (AvgIpc) is 2.47. The van der Waals surface area contributed by atoms with Crippen LogP contribution in [0, 0.1) is 0 Å². The molecule has 2 rings (SSSR count). The number of hydrogen-bond acceptors (Lipinski definition) is 2. The van der Waals surface area contributed by atoms with Crippen LogP contribution in [-0.2, 0) is 6.42 Å². The molecule has 1 N–H and O–H groups in total. The van der Waals surface area contributed by atoms with E-state index < -0.39 is 0 Å². The number of likely N-dealkylation sites (tertiary alicyclic amines) is 1. The minimum atomic E-state index is 0.182. The Kier molecular flexibility index (Phi) is 4.25. The van der Waals surface area contributed by atoms with Gasteiger partial charge in [0, 0.05) is 24.2 Å². The fourth-order valence-electron chi connectivity index (χ4n) is 2.66. The second kappa shape index (κ2) is 5.74.